The van der Waals surface area contributed by atoms with Crippen LogP contribution in [0.2, 0.25) is 0 Å². The van der Waals surface area contributed by atoms with E-state index in [9.17, 15) is 24.0 Å². The molecule has 5 heteroatoms. The summed E-state index contributed by atoms with van der Waals surface area (Å²) in [6.07, 6.45) is 22.8. The second-order valence-electron chi connectivity index (χ2n) is 14.6. The van der Waals surface area contributed by atoms with Crippen molar-refractivity contribution >= 4 is 29.4 Å². The highest BCUT2D eigenvalue weighted by Crippen LogP contribution is 2.52. The van der Waals surface area contributed by atoms with Crippen molar-refractivity contribution in [1.82, 2.24) is 0 Å². The van der Waals surface area contributed by atoms with E-state index in [1.54, 1.807) is 0 Å². The Bertz CT molecular complexity index is 1660. The Morgan fingerprint density at radius 3 is 2.23 bits per heavy atom. The van der Waals surface area contributed by atoms with Gasteiger partial charge in [0.05, 0.1) is 0 Å². The van der Waals surface area contributed by atoms with Crippen LogP contribution in [-0.2, 0) is 24.0 Å². The van der Waals surface area contributed by atoms with Gasteiger partial charge in [-0.25, -0.2) is 0 Å². The fourth-order valence-corrected chi connectivity index (χ4v) is 8.31. The smallest absolute Gasteiger partial charge is 0.185 e. The lowest BCUT2D eigenvalue weighted by Gasteiger charge is -2.46. The van der Waals surface area contributed by atoms with Crippen LogP contribution in [0, 0.1) is 23.2 Å². The molecule has 0 saturated carbocycles. The topological polar surface area (TPSA) is 85.3 Å². The monoisotopic (exact) mass is 632 g/mol. The first kappa shape index (κ1) is 34.3. The van der Waals surface area contributed by atoms with Gasteiger partial charge in [0.25, 0.3) is 0 Å². The van der Waals surface area contributed by atoms with E-state index < -0.39 is 5.41 Å². The number of allylic oxidation sites excluding steroid dienone is 17. The molecular formula is C42H48O5. The lowest BCUT2D eigenvalue weighted by molar-refractivity contribution is -0.123. The van der Waals surface area contributed by atoms with E-state index in [0.29, 0.717) is 67.2 Å². The summed E-state index contributed by atoms with van der Waals surface area (Å²) >= 11 is 0. The molecule has 0 aromatic heterocycles. The summed E-state index contributed by atoms with van der Waals surface area (Å²) in [7, 11) is 0. The molecule has 0 heterocycles. The van der Waals surface area contributed by atoms with Gasteiger partial charge in [-0.1, -0.05) is 58.7 Å². The van der Waals surface area contributed by atoms with Gasteiger partial charge in [0.15, 0.2) is 23.1 Å². The highest BCUT2D eigenvalue weighted by Gasteiger charge is 2.47. The Morgan fingerprint density at radius 1 is 0.787 bits per heavy atom. The molecule has 5 rings (SSSR count). The minimum absolute atomic E-state index is 0.0694. The van der Waals surface area contributed by atoms with E-state index in [0.717, 1.165) is 48.7 Å². The number of hydrogen-bond donors (Lipinski definition) is 0. The zero-order chi connectivity index (χ0) is 33.9. The van der Waals surface area contributed by atoms with Gasteiger partial charge in [-0.05, 0) is 134 Å². The number of Topliss-reactive ketones (excluding diaryl/α,β-unsaturated/α-hetero) is 2. The molecular weight excluding hydrogens is 584 g/mol. The Balaban J connectivity index is 1.58. The van der Waals surface area contributed by atoms with Crippen molar-refractivity contribution in [1.29, 1.82) is 0 Å². The zero-order valence-corrected chi connectivity index (χ0v) is 28.5. The maximum Gasteiger partial charge on any atom is 0.185 e. The van der Waals surface area contributed by atoms with Crippen LogP contribution < -0.4 is 0 Å². The number of hydrogen-bond acceptors (Lipinski definition) is 5. The number of fused-ring (bicyclic) bond motifs is 7. The van der Waals surface area contributed by atoms with E-state index in [2.05, 4.69) is 31.7 Å². The van der Waals surface area contributed by atoms with E-state index in [1.807, 2.05) is 26.8 Å². The van der Waals surface area contributed by atoms with Gasteiger partial charge in [0.1, 0.15) is 6.29 Å². The van der Waals surface area contributed by atoms with Crippen LogP contribution >= 0.6 is 0 Å². The summed E-state index contributed by atoms with van der Waals surface area (Å²) < 4.78 is 0. The van der Waals surface area contributed by atoms with E-state index >= 15 is 0 Å². The van der Waals surface area contributed by atoms with Crippen LogP contribution in [-0.4, -0.2) is 29.4 Å². The quantitative estimate of drug-likeness (QED) is 0.173. The number of rotatable bonds is 2. The first-order valence-corrected chi connectivity index (χ1v) is 17.2. The lowest BCUT2D eigenvalue weighted by Crippen LogP contribution is -2.43. The summed E-state index contributed by atoms with van der Waals surface area (Å²) in [5, 5.41) is 0. The highest BCUT2D eigenvalue weighted by molar-refractivity contribution is 6.21. The van der Waals surface area contributed by atoms with Crippen molar-refractivity contribution in [3.8, 4) is 0 Å². The second kappa shape index (κ2) is 14.4. The Hall–Kier alpha value is -3.99. The van der Waals surface area contributed by atoms with Crippen molar-refractivity contribution in [2.45, 2.75) is 98.3 Å². The predicted molar refractivity (Wildman–Crippen MR) is 186 cm³/mol. The maximum atomic E-state index is 14.1. The third-order valence-corrected chi connectivity index (χ3v) is 11.0. The van der Waals surface area contributed by atoms with Crippen LogP contribution in [0.15, 0.2) is 105 Å². The van der Waals surface area contributed by atoms with E-state index in [-0.39, 0.29) is 40.9 Å². The molecule has 0 aliphatic heterocycles. The zero-order valence-electron chi connectivity index (χ0n) is 28.5. The molecule has 0 aromatic carbocycles. The van der Waals surface area contributed by atoms with Gasteiger partial charge in [0, 0.05) is 33.6 Å². The van der Waals surface area contributed by atoms with Crippen molar-refractivity contribution in [3.05, 3.63) is 105 Å². The standard InChI is InChI=1S/C42H48O5/c1-26(2)38-14-12-27(3)9-7-15-42(25-43)34-17-29(5)11-13-31-21-36(44)22-32(40(31)46)16-28(4)8-6-10-30(18-34)19-35(42)20-33-23-37(45)24-39(38)41(33)47/h8-9,11,18,21-25,34-35,38H,1,6-7,10,12-17,19-20H2,2-5H3/b27-9+,28-8-,29-11+/t34-,35+,38+,42-/m1/s1. The van der Waals surface area contributed by atoms with Crippen molar-refractivity contribution < 1.29 is 24.0 Å². The van der Waals surface area contributed by atoms with Gasteiger partial charge in [-0.3, -0.25) is 19.2 Å². The molecule has 0 radical (unpaired) electrons. The molecule has 6 bridgehead atoms. The molecule has 47 heavy (non-hydrogen) atoms. The fraction of sp³-hybridized carbons (Fsp3) is 0.452. The molecule has 0 fully saturated rings. The Labute approximate surface area is 279 Å². The molecule has 246 valence electrons. The molecule has 0 unspecified atom stereocenters. The highest BCUT2D eigenvalue weighted by atomic mass is 16.1. The van der Waals surface area contributed by atoms with Gasteiger partial charge in [-0.15, -0.1) is 0 Å². The molecule has 0 amide bonds. The first-order valence-electron chi connectivity index (χ1n) is 17.2. The van der Waals surface area contributed by atoms with Crippen LogP contribution in [0.3, 0.4) is 0 Å². The summed E-state index contributed by atoms with van der Waals surface area (Å²) in [5.41, 5.74) is 6.78. The average Bonchev–Trinajstić information content (AvgIpc) is 3.00. The normalized spacial score (nSPS) is 32.9. The molecule has 0 saturated heterocycles. The van der Waals surface area contributed by atoms with Crippen LogP contribution in [0.25, 0.3) is 0 Å². The van der Waals surface area contributed by atoms with E-state index in [4.69, 9.17) is 0 Å². The minimum Gasteiger partial charge on any atom is -0.303 e. The molecule has 5 aliphatic rings. The van der Waals surface area contributed by atoms with Crippen LogP contribution in [0.5, 0.6) is 0 Å². The third-order valence-electron chi connectivity index (χ3n) is 11.0. The van der Waals surface area contributed by atoms with Crippen molar-refractivity contribution in [2.24, 2.45) is 23.2 Å². The second-order valence-corrected chi connectivity index (χ2v) is 14.6. The van der Waals surface area contributed by atoms with Crippen molar-refractivity contribution in [3.63, 3.8) is 0 Å². The summed E-state index contributed by atoms with van der Waals surface area (Å²) in [5.74, 6) is -0.930. The number of aldehydes is 1. The largest absolute Gasteiger partial charge is 0.303 e. The van der Waals surface area contributed by atoms with E-state index in [1.165, 1.54) is 35.5 Å². The lowest BCUT2D eigenvalue weighted by atomic mass is 9.56. The van der Waals surface area contributed by atoms with Crippen LogP contribution in [0.1, 0.15) is 98.3 Å². The summed E-state index contributed by atoms with van der Waals surface area (Å²) in [6, 6.07) is 0. The Kier molecular flexibility index (Phi) is 10.5. The maximum absolute atomic E-state index is 14.1. The van der Waals surface area contributed by atoms with Gasteiger partial charge in [-0.2, -0.15) is 0 Å². The molecule has 0 spiro atoms. The molecule has 0 N–H and O–H groups in total. The molecule has 5 nitrogen and oxygen atoms in total. The number of carbonyl (C=O) groups excluding carboxylic acids is 5. The SMILES string of the molecule is C=C(C)[C@@H]1CC/C(C)=C/CC[C@]2(C=O)[C@@H](CC3=C[C@H]2C/C(C)=C/CC2=CC(=O)C=C(C/C(C)=C\CC3)C2=O)CC2=CC(=O)C=C1C2=O. The predicted octanol–water partition coefficient (Wildman–Crippen LogP) is 8.70. The first-order chi connectivity index (χ1) is 22.4. The fourth-order valence-electron chi connectivity index (χ4n) is 8.31. The molecule has 5 aliphatic carbocycles. The summed E-state index contributed by atoms with van der Waals surface area (Å²) in [4.78, 5) is 66.6. The average molecular weight is 633 g/mol. The number of carbonyl (C=O) groups is 5. The van der Waals surface area contributed by atoms with Crippen molar-refractivity contribution in [2.75, 3.05) is 0 Å². The summed E-state index contributed by atoms with van der Waals surface area (Å²) in [6.45, 7) is 12.3. The Morgan fingerprint density at radius 2 is 1.49 bits per heavy atom. The molecule has 0 aromatic rings. The minimum atomic E-state index is -0.742. The van der Waals surface area contributed by atoms with Gasteiger partial charge >= 0.3 is 0 Å². The van der Waals surface area contributed by atoms with Crippen LogP contribution in [0.4, 0.5) is 0 Å². The number of ketones is 4. The van der Waals surface area contributed by atoms with Gasteiger partial charge < -0.3 is 4.79 Å². The third kappa shape index (κ3) is 7.61. The van der Waals surface area contributed by atoms with Gasteiger partial charge in [0.2, 0.25) is 0 Å². The molecule has 4 atom stereocenters.